The fraction of sp³-hybridized carbons (Fsp3) is 0.778. The number of carbonyl (C=O) groups excluding carboxylic acids is 1. The van der Waals surface area contributed by atoms with Gasteiger partial charge in [0, 0.05) is 33.7 Å². The van der Waals surface area contributed by atoms with E-state index in [-0.39, 0.29) is 42.2 Å². The molecule has 1 N–H and O–H groups in total. The van der Waals surface area contributed by atoms with Crippen LogP contribution in [0.15, 0.2) is 17.1 Å². The third kappa shape index (κ3) is 6.07. The zero-order valence-corrected chi connectivity index (χ0v) is 19.8. The number of guanidine groups is 1. The molecular formula is C18H33IN4O3S. The van der Waals surface area contributed by atoms with Crippen LogP contribution in [-0.2, 0) is 14.6 Å². The topological polar surface area (TPSA) is 82.1 Å². The molecule has 9 heteroatoms. The van der Waals surface area contributed by atoms with Crippen molar-refractivity contribution in [1.29, 1.82) is 0 Å². The third-order valence-corrected chi connectivity index (χ3v) is 7.82. The van der Waals surface area contributed by atoms with Gasteiger partial charge in [-0.1, -0.05) is 31.4 Å². The minimum absolute atomic E-state index is 0. The van der Waals surface area contributed by atoms with Gasteiger partial charge in [-0.25, -0.2) is 13.4 Å². The molecule has 2 aliphatic rings. The average Bonchev–Trinajstić information content (AvgIpc) is 2.58. The number of aliphatic imine (C=N–C) groups is 1. The summed E-state index contributed by atoms with van der Waals surface area (Å²) >= 11 is 0. The number of hydrogen-bond donors (Lipinski definition) is 1. The first-order valence-corrected chi connectivity index (χ1v) is 10.9. The summed E-state index contributed by atoms with van der Waals surface area (Å²) in [5.41, 5.74) is 0.952. The highest BCUT2D eigenvalue weighted by atomic mass is 127. The van der Waals surface area contributed by atoms with E-state index in [2.05, 4.69) is 16.9 Å². The molecule has 0 atom stereocenters. The first-order valence-electron chi connectivity index (χ1n) is 9.27. The van der Waals surface area contributed by atoms with E-state index in [0.717, 1.165) is 37.7 Å². The second-order valence-electron chi connectivity index (χ2n) is 7.72. The lowest BCUT2D eigenvalue weighted by Crippen LogP contribution is -2.60. The van der Waals surface area contributed by atoms with Crippen molar-refractivity contribution in [3.05, 3.63) is 12.2 Å². The Bertz CT molecular complexity index is 670. The normalized spacial score (nSPS) is 21.3. The molecular weight excluding hydrogens is 479 g/mol. The molecule has 1 aliphatic heterocycles. The van der Waals surface area contributed by atoms with Gasteiger partial charge in [0.25, 0.3) is 0 Å². The average molecular weight is 512 g/mol. The molecule has 2 fully saturated rings. The summed E-state index contributed by atoms with van der Waals surface area (Å²) in [4.78, 5) is 19.9. The van der Waals surface area contributed by atoms with Crippen LogP contribution in [0.3, 0.4) is 0 Å². The van der Waals surface area contributed by atoms with Crippen LogP contribution in [0, 0.1) is 0 Å². The highest BCUT2D eigenvalue weighted by Gasteiger charge is 2.48. The van der Waals surface area contributed by atoms with Crippen LogP contribution in [0.4, 0.5) is 0 Å². The molecule has 1 spiro atoms. The maximum Gasteiger partial charge on any atom is 0.243 e. The zero-order chi connectivity index (χ0) is 19.4. The highest BCUT2D eigenvalue weighted by Crippen LogP contribution is 2.38. The largest absolute Gasteiger partial charge is 0.353 e. The van der Waals surface area contributed by atoms with E-state index < -0.39 is 14.6 Å². The number of likely N-dealkylation sites (N-methyl/N-ethyl adjacent to an activating group) is 1. The molecule has 1 aliphatic carbocycles. The maximum absolute atomic E-state index is 12.8. The molecule has 0 radical (unpaired) electrons. The van der Waals surface area contributed by atoms with Crippen LogP contribution in [0.2, 0.25) is 0 Å². The number of sulfone groups is 1. The van der Waals surface area contributed by atoms with Gasteiger partial charge in [-0.3, -0.25) is 4.79 Å². The molecule has 2 rings (SSSR count). The third-order valence-electron chi connectivity index (χ3n) is 5.24. The second kappa shape index (κ2) is 10.1. The summed E-state index contributed by atoms with van der Waals surface area (Å²) < 4.78 is 24.9. The smallest absolute Gasteiger partial charge is 0.243 e. The highest BCUT2D eigenvalue weighted by molar-refractivity contribution is 14.0. The summed E-state index contributed by atoms with van der Waals surface area (Å²) in [6.45, 7) is 7.26. The van der Waals surface area contributed by atoms with Crippen LogP contribution < -0.4 is 5.32 Å². The Morgan fingerprint density at radius 3 is 2.44 bits per heavy atom. The molecule has 7 nitrogen and oxygen atoms in total. The number of rotatable bonds is 4. The molecule has 1 saturated carbocycles. The number of hydrogen-bond acceptors (Lipinski definition) is 4. The Balaban J connectivity index is 0.00000364. The van der Waals surface area contributed by atoms with Crippen molar-refractivity contribution in [2.45, 2.75) is 43.8 Å². The zero-order valence-electron chi connectivity index (χ0n) is 16.7. The van der Waals surface area contributed by atoms with Gasteiger partial charge in [-0.05, 0) is 19.8 Å². The first-order chi connectivity index (χ1) is 12.2. The molecule has 1 heterocycles. The fourth-order valence-electron chi connectivity index (χ4n) is 3.60. The van der Waals surface area contributed by atoms with E-state index in [9.17, 15) is 13.2 Å². The van der Waals surface area contributed by atoms with E-state index in [0.29, 0.717) is 25.6 Å². The Hall–Kier alpha value is -0.840. The van der Waals surface area contributed by atoms with Crippen molar-refractivity contribution in [1.82, 2.24) is 15.1 Å². The molecule has 0 aromatic heterocycles. The van der Waals surface area contributed by atoms with Gasteiger partial charge in [-0.15, -0.1) is 24.0 Å². The number of carbonyl (C=O) groups is 1. The van der Waals surface area contributed by atoms with Crippen LogP contribution in [-0.4, -0.2) is 80.9 Å². The molecule has 0 bridgehead atoms. The van der Waals surface area contributed by atoms with E-state index in [4.69, 9.17) is 0 Å². The Morgan fingerprint density at radius 1 is 1.26 bits per heavy atom. The van der Waals surface area contributed by atoms with E-state index in [1.54, 1.807) is 14.1 Å². The van der Waals surface area contributed by atoms with Crippen LogP contribution in [0.25, 0.3) is 0 Å². The van der Waals surface area contributed by atoms with Gasteiger partial charge in [-0.2, -0.15) is 0 Å². The minimum Gasteiger partial charge on any atom is -0.353 e. The van der Waals surface area contributed by atoms with Gasteiger partial charge in [0.2, 0.25) is 5.91 Å². The lowest BCUT2D eigenvalue weighted by Gasteiger charge is -2.45. The van der Waals surface area contributed by atoms with Crippen molar-refractivity contribution in [3.63, 3.8) is 0 Å². The van der Waals surface area contributed by atoms with E-state index in [1.807, 2.05) is 11.8 Å². The van der Waals surface area contributed by atoms with E-state index >= 15 is 0 Å². The molecule has 1 saturated heterocycles. The van der Waals surface area contributed by atoms with Crippen LogP contribution in [0.1, 0.15) is 39.0 Å². The van der Waals surface area contributed by atoms with Crippen molar-refractivity contribution in [3.8, 4) is 0 Å². The van der Waals surface area contributed by atoms with Gasteiger partial charge in [0.05, 0.1) is 10.5 Å². The van der Waals surface area contributed by atoms with Crippen molar-refractivity contribution < 1.29 is 13.2 Å². The van der Waals surface area contributed by atoms with Crippen LogP contribution in [0.5, 0.6) is 0 Å². The summed E-state index contributed by atoms with van der Waals surface area (Å²) in [7, 11) is 0.290. The molecule has 1 amide bonds. The standard InChI is InChI=1S/C18H32N4O3S.HI/c1-15(2)12-19-17(20-13-16(23)21(3)4)22-10-11-26(24,25)18(14-22)8-6-5-7-9-18;/h1,5-14H2,2-4H3,(H,19,20);1H. The van der Waals surface area contributed by atoms with Gasteiger partial charge in [0.15, 0.2) is 15.8 Å². The summed E-state index contributed by atoms with van der Waals surface area (Å²) in [6, 6.07) is 0. The number of amides is 1. The lowest BCUT2D eigenvalue weighted by atomic mass is 9.87. The fourth-order valence-corrected chi connectivity index (χ4v) is 5.76. The minimum atomic E-state index is -3.11. The quantitative estimate of drug-likeness (QED) is 0.268. The number of halogens is 1. The van der Waals surface area contributed by atoms with Crippen molar-refractivity contribution in [2.75, 3.05) is 46.0 Å². The Labute approximate surface area is 180 Å². The van der Waals surface area contributed by atoms with Crippen molar-refractivity contribution in [2.24, 2.45) is 4.99 Å². The lowest BCUT2D eigenvalue weighted by molar-refractivity contribution is -0.127. The van der Waals surface area contributed by atoms with Crippen molar-refractivity contribution >= 4 is 45.7 Å². The molecule has 0 unspecified atom stereocenters. The van der Waals surface area contributed by atoms with E-state index in [1.165, 1.54) is 4.90 Å². The predicted octanol–water partition coefficient (Wildman–Crippen LogP) is 1.65. The van der Waals surface area contributed by atoms with Crippen LogP contribution >= 0.6 is 24.0 Å². The monoisotopic (exact) mass is 512 g/mol. The molecule has 0 aromatic carbocycles. The summed E-state index contributed by atoms with van der Waals surface area (Å²) in [6.07, 6.45) is 4.45. The predicted molar refractivity (Wildman–Crippen MR) is 120 cm³/mol. The summed E-state index contributed by atoms with van der Waals surface area (Å²) in [5, 5.41) is 3.24. The molecule has 0 aromatic rings. The SMILES string of the molecule is C=C(C)CNC(=NCC(=O)N(C)C)N1CCS(=O)(=O)C2(CCCCC2)C1.I. The molecule has 156 valence electrons. The summed E-state index contributed by atoms with van der Waals surface area (Å²) in [5.74, 6) is 0.655. The Morgan fingerprint density at radius 2 is 1.89 bits per heavy atom. The number of nitrogens with zero attached hydrogens (tertiary/aromatic N) is 3. The van der Waals surface area contributed by atoms with Gasteiger partial charge < -0.3 is 15.1 Å². The maximum atomic E-state index is 12.8. The first kappa shape index (κ1) is 24.2. The molecule has 27 heavy (non-hydrogen) atoms. The van der Waals surface area contributed by atoms with Gasteiger partial charge >= 0.3 is 0 Å². The Kier molecular flexibility index (Phi) is 9.04. The van der Waals surface area contributed by atoms with Gasteiger partial charge in [0.1, 0.15) is 6.54 Å². The number of nitrogens with one attached hydrogen (secondary N) is 1. The second-order valence-corrected chi connectivity index (χ2v) is 10.2.